The summed E-state index contributed by atoms with van der Waals surface area (Å²) in [6.07, 6.45) is 3.81. The Kier molecular flexibility index (Phi) is 4.29. The standard InChI is InChI=1S/C18H10ClF3N4O/c19-17-18-25-8-15(26(18)4-3-23-17)16(27)10-6-14(24-7-13(10)22)9-1-2-11(20)12(21)5-9/h1-8,16,27H. The molecular weight excluding hydrogens is 381 g/mol. The zero-order valence-electron chi connectivity index (χ0n) is 13.4. The summed E-state index contributed by atoms with van der Waals surface area (Å²) in [5.74, 6) is -2.81. The van der Waals surface area contributed by atoms with Gasteiger partial charge >= 0.3 is 0 Å². The van der Waals surface area contributed by atoms with Crippen LogP contribution < -0.4 is 0 Å². The topological polar surface area (TPSA) is 63.3 Å². The van der Waals surface area contributed by atoms with Gasteiger partial charge in [0.25, 0.3) is 0 Å². The van der Waals surface area contributed by atoms with Crippen molar-refractivity contribution in [3.8, 4) is 11.3 Å². The second kappa shape index (κ2) is 6.64. The molecule has 136 valence electrons. The van der Waals surface area contributed by atoms with Crippen LogP contribution in [-0.4, -0.2) is 24.5 Å². The first-order chi connectivity index (χ1) is 13.0. The Morgan fingerprint density at radius 3 is 2.56 bits per heavy atom. The van der Waals surface area contributed by atoms with Crippen molar-refractivity contribution in [3.63, 3.8) is 0 Å². The summed E-state index contributed by atoms with van der Waals surface area (Å²) < 4.78 is 42.4. The molecular formula is C18H10ClF3N4O. The molecule has 0 bridgehead atoms. The highest BCUT2D eigenvalue weighted by Gasteiger charge is 2.21. The lowest BCUT2D eigenvalue weighted by Crippen LogP contribution is -2.07. The molecule has 1 aromatic carbocycles. The fourth-order valence-corrected chi connectivity index (χ4v) is 2.94. The van der Waals surface area contributed by atoms with Crippen molar-refractivity contribution < 1.29 is 18.3 Å². The van der Waals surface area contributed by atoms with Gasteiger partial charge in [0.15, 0.2) is 22.4 Å². The zero-order chi connectivity index (χ0) is 19.1. The number of imidazole rings is 1. The molecule has 0 saturated heterocycles. The van der Waals surface area contributed by atoms with Crippen LogP contribution in [0, 0.1) is 17.5 Å². The van der Waals surface area contributed by atoms with Crippen molar-refractivity contribution in [2.75, 3.05) is 0 Å². The van der Waals surface area contributed by atoms with E-state index < -0.39 is 23.6 Å². The van der Waals surface area contributed by atoms with Gasteiger partial charge in [-0.3, -0.25) is 9.38 Å². The van der Waals surface area contributed by atoms with Crippen molar-refractivity contribution >= 4 is 17.2 Å². The molecule has 5 nitrogen and oxygen atoms in total. The summed E-state index contributed by atoms with van der Waals surface area (Å²) in [6, 6.07) is 4.49. The van der Waals surface area contributed by atoms with E-state index in [9.17, 15) is 18.3 Å². The molecule has 4 rings (SSSR count). The van der Waals surface area contributed by atoms with Crippen molar-refractivity contribution in [2.45, 2.75) is 6.10 Å². The van der Waals surface area contributed by atoms with Crippen LogP contribution >= 0.6 is 11.6 Å². The first-order valence-corrected chi connectivity index (χ1v) is 8.10. The maximum Gasteiger partial charge on any atom is 0.175 e. The van der Waals surface area contributed by atoms with Crippen molar-refractivity contribution in [1.82, 2.24) is 19.4 Å². The summed E-state index contributed by atoms with van der Waals surface area (Å²) in [4.78, 5) is 11.9. The van der Waals surface area contributed by atoms with Crippen LogP contribution in [0.25, 0.3) is 16.9 Å². The molecule has 1 N–H and O–H groups in total. The molecule has 0 spiro atoms. The summed E-state index contributed by atoms with van der Waals surface area (Å²) >= 11 is 5.96. The van der Waals surface area contributed by atoms with Gasteiger partial charge in [-0.15, -0.1) is 0 Å². The highest BCUT2D eigenvalue weighted by atomic mass is 35.5. The second-order valence-corrected chi connectivity index (χ2v) is 6.08. The third-order valence-electron chi connectivity index (χ3n) is 4.09. The summed E-state index contributed by atoms with van der Waals surface area (Å²) in [5.41, 5.74) is 0.893. The smallest absolute Gasteiger partial charge is 0.175 e. The van der Waals surface area contributed by atoms with E-state index in [2.05, 4.69) is 15.0 Å². The lowest BCUT2D eigenvalue weighted by atomic mass is 10.0. The average molecular weight is 391 g/mol. The Morgan fingerprint density at radius 2 is 1.78 bits per heavy atom. The normalized spacial score (nSPS) is 12.5. The van der Waals surface area contributed by atoms with Crippen LogP contribution in [0.5, 0.6) is 0 Å². The van der Waals surface area contributed by atoms with Gasteiger partial charge in [-0.1, -0.05) is 11.6 Å². The average Bonchev–Trinajstić information content (AvgIpc) is 3.09. The first kappa shape index (κ1) is 17.4. The van der Waals surface area contributed by atoms with Gasteiger partial charge in [0.1, 0.15) is 11.9 Å². The van der Waals surface area contributed by atoms with Gasteiger partial charge in [0.2, 0.25) is 0 Å². The molecule has 9 heteroatoms. The molecule has 0 aliphatic rings. The van der Waals surface area contributed by atoms with Gasteiger partial charge in [0, 0.05) is 23.5 Å². The largest absolute Gasteiger partial charge is 0.382 e. The number of halogens is 4. The van der Waals surface area contributed by atoms with E-state index in [0.29, 0.717) is 5.65 Å². The number of aromatic nitrogens is 4. The number of rotatable bonds is 3. The molecule has 0 saturated carbocycles. The molecule has 0 aliphatic heterocycles. The van der Waals surface area contributed by atoms with Crippen LogP contribution in [0.4, 0.5) is 13.2 Å². The minimum atomic E-state index is -1.40. The molecule has 0 amide bonds. The highest BCUT2D eigenvalue weighted by Crippen LogP contribution is 2.29. The Balaban J connectivity index is 1.80. The minimum absolute atomic E-state index is 0.0977. The Bertz CT molecular complexity index is 1160. The maximum atomic E-state index is 14.3. The quantitative estimate of drug-likeness (QED) is 0.575. The van der Waals surface area contributed by atoms with Crippen molar-refractivity contribution in [2.24, 2.45) is 0 Å². The highest BCUT2D eigenvalue weighted by molar-refractivity contribution is 6.32. The van der Waals surface area contributed by atoms with E-state index in [4.69, 9.17) is 11.6 Å². The van der Waals surface area contributed by atoms with Crippen LogP contribution in [0.3, 0.4) is 0 Å². The summed E-state index contributed by atoms with van der Waals surface area (Å²) in [6.45, 7) is 0. The summed E-state index contributed by atoms with van der Waals surface area (Å²) in [7, 11) is 0. The van der Waals surface area contributed by atoms with E-state index in [0.717, 1.165) is 18.3 Å². The predicted molar refractivity (Wildman–Crippen MR) is 91.6 cm³/mol. The molecule has 4 aromatic rings. The fraction of sp³-hybridized carbons (Fsp3) is 0.0556. The lowest BCUT2D eigenvalue weighted by molar-refractivity contribution is 0.209. The van der Waals surface area contributed by atoms with Gasteiger partial charge in [-0.25, -0.2) is 23.1 Å². The van der Waals surface area contributed by atoms with E-state index >= 15 is 0 Å². The molecule has 0 radical (unpaired) electrons. The van der Waals surface area contributed by atoms with E-state index in [-0.39, 0.29) is 27.7 Å². The van der Waals surface area contributed by atoms with Crippen molar-refractivity contribution in [1.29, 1.82) is 0 Å². The molecule has 1 atom stereocenters. The number of hydrogen-bond donors (Lipinski definition) is 1. The maximum absolute atomic E-state index is 14.3. The van der Waals surface area contributed by atoms with Gasteiger partial charge < -0.3 is 5.11 Å². The SMILES string of the molecule is OC(c1cc(-c2ccc(F)c(F)c2)ncc1F)c1cnc2c(Cl)nccn12. The minimum Gasteiger partial charge on any atom is -0.382 e. The molecule has 27 heavy (non-hydrogen) atoms. The van der Waals surface area contributed by atoms with Crippen LogP contribution in [0.1, 0.15) is 17.4 Å². The Hall–Kier alpha value is -2.97. The third-order valence-corrected chi connectivity index (χ3v) is 4.36. The molecule has 3 aromatic heterocycles. The Morgan fingerprint density at radius 1 is 0.963 bits per heavy atom. The van der Waals surface area contributed by atoms with Crippen molar-refractivity contribution in [3.05, 3.63) is 82.9 Å². The van der Waals surface area contributed by atoms with Crippen LogP contribution in [-0.2, 0) is 0 Å². The molecule has 1 unspecified atom stereocenters. The summed E-state index contributed by atoms with van der Waals surface area (Å²) in [5, 5.41) is 10.8. The van der Waals surface area contributed by atoms with E-state index in [1.54, 1.807) is 0 Å². The molecule has 3 heterocycles. The van der Waals surface area contributed by atoms with Crippen LogP contribution in [0.2, 0.25) is 5.15 Å². The number of pyridine rings is 1. The molecule has 0 fully saturated rings. The fourth-order valence-electron chi connectivity index (χ4n) is 2.75. The van der Waals surface area contributed by atoms with Crippen LogP contribution in [0.15, 0.2) is 49.1 Å². The number of hydrogen-bond acceptors (Lipinski definition) is 4. The predicted octanol–water partition coefficient (Wildman–Crippen LogP) is 3.94. The van der Waals surface area contributed by atoms with Gasteiger partial charge in [0.05, 0.1) is 23.8 Å². The second-order valence-electron chi connectivity index (χ2n) is 5.72. The third kappa shape index (κ3) is 3.02. The van der Waals surface area contributed by atoms with Gasteiger partial charge in [-0.05, 0) is 24.3 Å². The van der Waals surface area contributed by atoms with Gasteiger partial charge in [-0.2, -0.15) is 0 Å². The lowest BCUT2D eigenvalue weighted by Gasteiger charge is -2.13. The number of aliphatic hydroxyl groups excluding tert-OH is 1. The number of fused-ring (bicyclic) bond motifs is 1. The number of nitrogens with zero attached hydrogens (tertiary/aromatic N) is 4. The Labute approximate surface area is 155 Å². The van der Waals surface area contributed by atoms with E-state index in [1.165, 1.54) is 35.1 Å². The zero-order valence-corrected chi connectivity index (χ0v) is 14.2. The monoisotopic (exact) mass is 390 g/mol. The molecule has 0 aliphatic carbocycles. The number of aliphatic hydroxyl groups is 1. The first-order valence-electron chi connectivity index (χ1n) is 7.72. The van der Waals surface area contributed by atoms with E-state index in [1.807, 2.05) is 0 Å². The number of benzene rings is 1.